The number of likely N-dealkylation sites (tertiary alicyclic amines) is 1. The van der Waals surface area contributed by atoms with Crippen LogP contribution >= 0.6 is 0 Å². The van der Waals surface area contributed by atoms with Gasteiger partial charge in [0.2, 0.25) is 0 Å². The molecule has 0 spiro atoms. The Morgan fingerprint density at radius 2 is 1.85 bits per heavy atom. The molecule has 2 aromatic rings. The molecule has 2 atom stereocenters. The van der Waals surface area contributed by atoms with Gasteiger partial charge in [-0.2, -0.15) is 5.10 Å². The van der Waals surface area contributed by atoms with Gasteiger partial charge in [-0.3, -0.25) is 9.59 Å². The second-order valence-electron chi connectivity index (χ2n) is 8.03. The number of carboxylic acid groups (broad SMARTS) is 1. The summed E-state index contributed by atoms with van der Waals surface area (Å²) in [5.41, 5.74) is 3.66. The Kier molecular flexibility index (Phi) is 3.81. The van der Waals surface area contributed by atoms with Crippen LogP contribution in [0.3, 0.4) is 0 Å². The van der Waals surface area contributed by atoms with Crippen LogP contribution in [0.25, 0.3) is 5.69 Å². The van der Waals surface area contributed by atoms with Crippen molar-refractivity contribution in [1.29, 1.82) is 0 Å². The lowest BCUT2D eigenvalue weighted by Gasteiger charge is -2.15. The first kappa shape index (κ1) is 16.5. The number of amides is 1. The van der Waals surface area contributed by atoms with E-state index in [-0.39, 0.29) is 11.8 Å². The standard InChI is InChI=1S/C21H23N3O3/c25-20(23-11-16(13-9-10-13)17(12-23)21(26)27)19-15-7-4-8-18(15)24(22-19)14-5-2-1-3-6-14/h1-3,5-6,13,16-17H,4,7-12H2,(H,26,27)/t16-,17+/m1/s1. The van der Waals surface area contributed by atoms with Gasteiger partial charge in [0.1, 0.15) is 0 Å². The van der Waals surface area contributed by atoms with Crippen molar-refractivity contribution in [1.82, 2.24) is 14.7 Å². The maximum atomic E-state index is 13.3. The minimum atomic E-state index is -0.776. The normalized spacial score (nSPS) is 24.2. The second-order valence-corrected chi connectivity index (χ2v) is 8.03. The molecule has 6 nitrogen and oxygen atoms in total. The number of carboxylic acids is 1. The lowest BCUT2D eigenvalue weighted by atomic mass is 9.92. The summed E-state index contributed by atoms with van der Waals surface area (Å²) < 4.78 is 1.90. The molecule has 140 valence electrons. The van der Waals surface area contributed by atoms with Crippen molar-refractivity contribution in [2.24, 2.45) is 17.8 Å². The smallest absolute Gasteiger partial charge is 0.308 e. The summed E-state index contributed by atoms with van der Waals surface area (Å²) in [5.74, 6) is -0.752. The number of benzene rings is 1. The van der Waals surface area contributed by atoms with E-state index in [1.165, 1.54) is 0 Å². The van der Waals surface area contributed by atoms with Crippen LogP contribution in [0.4, 0.5) is 0 Å². The van der Waals surface area contributed by atoms with Gasteiger partial charge in [-0.1, -0.05) is 18.2 Å². The molecule has 27 heavy (non-hydrogen) atoms. The molecule has 6 heteroatoms. The number of carbonyl (C=O) groups is 2. The third kappa shape index (κ3) is 2.74. The predicted molar refractivity (Wildman–Crippen MR) is 98.8 cm³/mol. The lowest BCUT2D eigenvalue weighted by Crippen LogP contribution is -2.31. The van der Waals surface area contributed by atoms with E-state index in [2.05, 4.69) is 5.10 Å². The summed E-state index contributed by atoms with van der Waals surface area (Å²) in [7, 11) is 0. The molecule has 1 aromatic heterocycles. The molecule has 3 aliphatic rings. The van der Waals surface area contributed by atoms with E-state index in [1.54, 1.807) is 4.90 Å². The van der Waals surface area contributed by atoms with Crippen LogP contribution in [-0.2, 0) is 17.6 Å². The van der Waals surface area contributed by atoms with E-state index >= 15 is 0 Å². The number of nitrogens with zero attached hydrogens (tertiary/aromatic N) is 3. The highest BCUT2D eigenvalue weighted by molar-refractivity contribution is 5.95. The average Bonchev–Trinajstić information content (AvgIpc) is 3.10. The van der Waals surface area contributed by atoms with Gasteiger partial charge in [-0.25, -0.2) is 4.68 Å². The van der Waals surface area contributed by atoms with Crippen LogP contribution in [0.2, 0.25) is 0 Å². The first-order valence-electron chi connectivity index (χ1n) is 9.81. The molecular weight excluding hydrogens is 342 g/mol. The highest BCUT2D eigenvalue weighted by Crippen LogP contribution is 2.44. The highest BCUT2D eigenvalue weighted by atomic mass is 16.4. The van der Waals surface area contributed by atoms with Crippen molar-refractivity contribution in [3.8, 4) is 5.69 Å². The van der Waals surface area contributed by atoms with Crippen LogP contribution in [-0.4, -0.2) is 44.8 Å². The topological polar surface area (TPSA) is 75.4 Å². The Hall–Kier alpha value is -2.63. The zero-order valence-corrected chi connectivity index (χ0v) is 15.2. The number of para-hydroxylation sites is 1. The third-order valence-corrected chi connectivity index (χ3v) is 6.33. The summed E-state index contributed by atoms with van der Waals surface area (Å²) in [6, 6.07) is 9.90. The molecule has 2 heterocycles. The van der Waals surface area contributed by atoms with E-state index in [4.69, 9.17) is 0 Å². The van der Waals surface area contributed by atoms with Crippen molar-refractivity contribution in [2.45, 2.75) is 32.1 Å². The molecule has 1 N–H and O–H groups in total. The molecule has 1 amide bonds. The first-order chi connectivity index (χ1) is 13.1. The van der Waals surface area contributed by atoms with Gasteiger partial charge in [-0.05, 0) is 56.1 Å². The van der Waals surface area contributed by atoms with E-state index in [0.717, 1.165) is 49.0 Å². The van der Waals surface area contributed by atoms with Crippen molar-refractivity contribution in [3.63, 3.8) is 0 Å². The van der Waals surface area contributed by atoms with Crippen molar-refractivity contribution in [2.75, 3.05) is 13.1 Å². The van der Waals surface area contributed by atoms with Gasteiger partial charge >= 0.3 is 5.97 Å². The molecule has 1 saturated carbocycles. The third-order valence-electron chi connectivity index (χ3n) is 6.33. The summed E-state index contributed by atoms with van der Waals surface area (Å²) in [4.78, 5) is 26.7. The SMILES string of the molecule is O=C(O)[C@H]1CN(C(=O)c2nn(-c3ccccc3)c3c2CCC3)C[C@@H]1C1CC1. The first-order valence-corrected chi connectivity index (χ1v) is 9.81. The summed E-state index contributed by atoms with van der Waals surface area (Å²) >= 11 is 0. The fourth-order valence-electron chi connectivity index (χ4n) is 4.80. The van der Waals surface area contributed by atoms with Crippen LogP contribution in [0.15, 0.2) is 30.3 Å². The van der Waals surface area contributed by atoms with Crippen LogP contribution < -0.4 is 0 Å². The number of aliphatic carboxylic acids is 1. The molecule has 2 aliphatic carbocycles. The van der Waals surface area contributed by atoms with Gasteiger partial charge in [0.25, 0.3) is 5.91 Å². The number of rotatable bonds is 4. The number of hydrogen-bond acceptors (Lipinski definition) is 3. The minimum absolute atomic E-state index is 0.0932. The van der Waals surface area contributed by atoms with Crippen LogP contribution in [0.1, 0.15) is 41.0 Å². The second kappa shape index (κ2) is 6.22. The number of aromatic nitrogens is 2. The Balaban J connectivity index is 1.47. The summed E-state index contributed by atoms with van der Waals surface area (Å²) in [5, 5.41) is 14.3. The highest BCUT2D eigenvalue weighted by Gasteiger charge is 2.47. The number of hydrogen-bond donors (Lipinski definition) is 1. The molecule has 0 radical (unpaired) electrons. The molecule has 1 saturated heterocycles. The Morgan fingerprint density at radius 3 is 2.56 bits per heavy atom. The quantitative estimate of drug-likeness (QED) is 0.903. The fraction of sp³-hybridized carbons (Fsp3) is 0.476. The summed E-state index contributed by atoms with van der Waals surface area (Å²) in [6.07, 6.45) is 5.00. The lowest BCUT2D eigenvalue weighted by molar-refractivity contribution is -0.142. The van der Waals surface area contributed by atoms with Gasteiger partial charge in [-0.15, -0.1) is 0 Å². The fourth-order valence-corrected chi connectivity index (χ4v) is 4.80. The van der Waals surface area contributed by atoms with Gasteiger partial charge < -0.3 is 10.0 Å². The largest absolute Gasteiger partial charge is 0.481 e. The van der Waals surface area contributed by atoms with Crippen LogP contribution in [0, 0.1) is 17.8 Å². The molecule has 1 aromatic carbocycles. The van der Waals surface area contributed by atoms with E-state index in [0.29, 0.717) is 24.7 Å². The molecule has 0 unspecified atom stereocenters. The maximum absolute atomic E-state index is 13.3. The number of fused-ring (bicyclic) bond motifs is 1. The Bertz CT molecular complexity index is 901. The zero-order valence-electron chi connectivity index (χ0n) is 15.2. The molecule has 2 fully saturated rings. The number of carbonyl (C=O) groups excluding carboxylic acids is 1. The minimum Gasteiger partial charge on any atom is -0.481 e. The monoisotopic (exact) mass is 365 g/mol. The Labute approximate surface area is 157 Å². The molecular formula is C21H23N3O3. The Morgan fingerprint density at radius 1 is 1.07 bits per heavy atom. The van der Waals surface area contributed by atoms with E-state index < -0.39 is 11.9 Å². The summed E-state index contributed by atoms with van der Waals surface area (Å²) in [6.45, 7) is 0.857. The average molecular weight is 365 g/mol. The maximum Gasteiger partial charge on any atom is 0.308 e. The van der Waals surface area contributed by atoms with Crippen molar-refractivity contribution >= 4 is 11.9 Å². The van der Waals surface area contributed by atoms with E-state index in [1.807, 2.05) is 35.0 Å². The van der Waals surface area contributed by atoms with E-state index in [9.17, 15) is 14.7 Å². The van der Waals surface area contributed by atoms with Gasteiger partial charge in [0.05, 0.1) is 11.6 Å². The van der Waals surface area contributed by atoms with Crippen molar-refractivity contribution < 1.29 is 14.7 Å². The molecule has 1 aliphatic heterocycles. The van der Waals surface area contributed by atoms with Gasteiger partial charge in [0, 0.05) is 24.3 Å². The predicted octanol–water partition coefficient (Wildman–Crippen LogP) is 2.54. The molecule has 0 bridgehead atoms. The molecule has 5 rings (SSSR count). The zero-order chi connectivity index (χ0) is 18.5. The van der Waals surface area contributed by atoms with Crippen LogP contribution in [0.5, 0.6) is 0 Å². The van der Waals surface area contributed by atoms with Gasteiger partial charge in [0.15, 0.2) is 5.69 Å². The van der Waals surface area contributed by atoms with Crippen molar-refractivity contribution in [3.05, 3.63) is 47.3 Å².